The highest BCUT2D eigenvalue weighted by atomic mass is 35.5. The van der Waals surface area contributed by atoms with E-state index in [2.05, 4.69) is 25.7 Å². The second kappa shape index (κ2) is 7.94. The summed E-state index contributed by atoms with van der Waals surface area (Å²) in [6.45, 7) is 1.74. The average molecular weight is 373 g/mol. The van der Waals surface area contributed by atoms with Gasteiger partial charge in [0.05, 0.1) is 30.7 Å². The number of urea groups is 1. The van der Waals surface area contributed by atoms with Crippen molar-refractivity contribution in [3.8, 4) is 5.82 Å². The van der Waals surface area contributed by atoms with E-state index < -0.39 is 12.1 Å². The number of hydrogen-bond donors (Lipinski definition) is 3. The van der Waals surface area contributed by atoms with Gasteiger partial charge in [0.25, 0.3) is 0 Å². The van der Waals surface area contributed by atoms with Crippen molar-refractivity contribution in [3.63, 3.8) is 0 Å². The molecule has 2 amide bonds. The van der Waals surface area contributed by atoms with Crippen LogP contribution in [0.15, 0.2) is 48.9 Å². The molecule has 0 unspecified atom stereocenters. The maximum atomic E-state index is 12.2. The molecule has 0 saturated carbocycles. The Morgan fingerprint density at radius 3 is 2.96 bits per heavy atom. The zero-order valence-corrected chi connectivity index (χ0v) is 14.7. The fourth-order valence-corrected chi connectivity index (χ4v) is 2.56. The Labute approximate surface area is 154 Å². The van der Waals surface area contributed by atoms with E-state index in [9.17, 15) is 9.90 Å². The third-order valence-corrected chi connectivity index (χ3v) is 3.80. The summed E-state index contributed by atoms with van der Waals surface area (Å²) in [7, 11) is 0. The van der Waals surface area contributed by atoms with Crippen LogP contribution >= 0.6 is 11.6 Å². The fraction of sp³-hybridized carbons (Fsp3) is 0.176. The molecule has 0 aliphatic carbocycles. The predicted molar refractivity (Wildman–Crippen MR) is 97.3 cm³/mol. The highest BCUT2D eigenvalue weighted by molar-refractivity contribution is 6.28. The number of hydrogen-bond acceptors (Lipinski definition) is 5. The molecule has 0 radical (unpaired) electrons. The highest BCUT2D eigenvalue weighted by Crippen LogP contribution is 2.15. The number of nitrogens with one attached hydrogen (secondary N) is 2. The van der Waals surface area contributed by atoms with Gasteiger partial charge in [0.15, 0.2) is 5.82 Å². The normalized spacial score (nSPS) is 11.8. The van der Waals surface area contributed by atoms with E-state index in [0.29, 0.717) is 11.5 Å². The topological polar surface area (TPSA) is 105 Å². The highest BCUT2D eigenvalue weighted by Gasteiger charge is 2.14. The summed E-state index contributed by atoms with van der Waals surface area (Å²) >= 11 is 5.76. The van der Waals surface area contributed by atoms with Crippen molar-refractivity contribution in [2.24, 2.45) is 0 Å². The number of amides is 2. The lowest BCUT2D eigenvalue weighted by Gasteiger charge is -2.17. The van der Waals surface area contributed by atoms with Crippen LogP contribution in [0.3, 0.4) is 0 Å². The molecule has 1 atom stereocenters. The Morgan fingerprint density at radius 1 is 1.38 bits per heavy atom. The van der Waals surface area contributed by atoms with E-state index in [4.69, 9.17) is 11.6 Å². The van der Waals surface area contributed by atoms with Gasteiger partial charge in [-0.15, -0.1) is 0 Å². The number of aromatic nitrogens is 4. The van der Waals surface area contributed by atoms with Gasteiger partial charge < -0.3 is 15.7 Å². The number of aliphatic hydroxyl groups excluding tert-OH is 1. The Hall–Kier alpha value is -2.97. The first kappa shape index (κ1) is 17.8. The number of carbonyl (C=O) groups is 1. The molecule has 0 aliphatic rings. The maximum Gasteiger partial charge on any atom is 0.319 e. The molecule has 26 heavy (non-hydrogen) atoms. The Bertz CT molecular complexity index is 914. The Balaban J connectivity index is 1.66. The molecule has 1 aromatic carbocycles. The van der Waals surface area contributed by atoms with Crippen LogP contribution < -0.4 is 10.6 Å². The standard InChI is InChI=1S/C17H17ClN6O2/c1-11-3-2-4-12(7-11)14(10-25)22-17(26)21-13-8-20-24(9-13)15-5-6-19-16(18)23-15/h2-9,14,25H,10H2,1H3,(H2,21,22,26)/t14-/m1/s1. The molecule has 0 aliphatic heterocycles. The molecular weight excluding hydrogens is 356 g/mol. The molecule has 3 aromatic rings. The number of benzene rings is 1. The first-order valence-electron chi connectivity index (χ1n) is 7.83. The molecule has 2 aromatic heterocycles. The fourth-order valence-electron chi connectivity index (χ4n) is 2.41. The lowest BCUT2D eigenvalue weighted by molar-refractivity contribution is 0.225. The number of carbonyl (C=O) groups excluding carboxylic acids is 1. The summed E-state index contributed by atoms with van der Waals surface area (Å²) in [5, 5.41) is 19.2. The largest absolute Gasteiger partial charge is 0.394 e. The first-order chi connectivity index (χ1) is 12.5. The number of halogens is 1. The van der Waals surface area contributed by atoms with Crippen molar-refractivity contribution in [3.05, 3.63) is 65.3 Å². The average Bonchev–Trinajstić information content (AvgIpc) is 3.08. The van der Waals surface area contributed by atoms with Crippen molar-refractivity contribution in [1.82, 2.24) is 25.1 Å². The second-order valence-corrected chi connectivity index (χ2v) is 5.94. The first-order valence-corrected chi connectivity index (χ1v) is 8.21. The molecule has 134 valence electrons. The van der Waals surface area contributed by atoms with E-state index in [1.165, 1.54) is 17.1 Å². The predicted octanol–water partition coefficient (Wildman–Crippen LogP) is 2.48. The van der Waals surface area contributed by atoms with E-state index in [1.54, 1.807) is 12.3 Å². The van der Waals surface area contributed by atoms with Gasteiger partial charge in [-0.1, -0.05) is 29.8 Å². The van der Waals surface area contributed by atoms with Gasteiger partial charge in [0.1, 0.15) is 0 Å². The van der Waals surface area contributed by atoms with Crippen LogP contribution in [-0.2, 0) is 0 Å². The number of rotatable bonds is 5. The molecule has 3 rings (SSSR count). The van der Waals surface area contributed by atoms with Crippen molar-refractivity contribution in [2.45, 2.75) is 13.0 Å². The van der Waals surface area contributed by atoms with Crippen LogP contribution in [0.25, 0.3) is 5.82 Å². The van der Waals surface area contributed by atoms with E-state index in [1.807, 2.05) is 31.2 Å². The van der Waals surface area contributed by atoms with E-state index in [0.717, 1.165) is 11.1 Å². The minimum absolute atomic E-state index is 0.106. The van der Waals surface area contributed by atoms with Gasteiger partial charge in [-0.2, -0.15) is 10.1 Å². The monoisotopic (exact) mass is 372 g/mol. The molecule has 8 nitrogen and oxygen atoms in total. The SMILES string of the molecule is Cc1cccc([C@@H](CO)NC(=O)Nc2cnn(-c3ccnc(Cl)n3)c2)c1. The molecule has 2 heterocycles. The number of nitrogens with zero attached hydrogens (tertiary/aromatic N) is 4. The molecular formula is C17H17ClN6O2. The van der Waals surface area contributed by atoms with Crippen LogP contribution in [0, 0.1) is 6.92 Å². The Morgan fingerprint density at radius 2 is 2.23 bits per heavy atom. The second-order valence-electron chi connectivity index (χ2n) is 5.61. The minimum atomic E-state index is -0.509. The van der Waals surface area contributed by atoms with Crippen LogP contribution in [0.2, 0.25) is 5.28 Å². The quantitative estimate of drug-likeness (QED) is 0.597. The summed E-state index contributed by atoms with van der Waals surface area (Å²) in [6, 6.07) is 8.28. The number of anilines is 1. The van der Waals surface area contributed by atoms with Gasteiger partial charge in [-0.05, 0) is 24.1 Å². The number of aliphatic hydroxyl groups is 1. The maximum absolute atomic E-state index is 12.2. The van der Waals surface area contributed by atoms with Gasteiger partial charge in [0.2, 0.25) is 5.28 Å². The lowest BCUT2D eigenvalue weighted by atomic mass is 10.1. The van der Waals surface area contributed by atoms with Gasteiger partial charge in [-0.3, -0.25) is 0 Å². The van der Waals surface area contributed by atoms with E-state index >= 15 is 0 Å². The molecule has 0 saturated heterocycles. The molecule has 0 bridgehead atoms. The van der Waals surface area contributed by atoms with Crippen LogP contribution in [-0.4, -0.2) is 37.5 Å². The molecule has 9 heteroatoms. The van der Waals surface area contributed by atoms with Crippen LogP contribution in [0.4, 0.5) is 10.5 Å². The van der Waals surface area contributed by atoms with Crippen LogP contribution in [0.1, 0.15) is 17.2 Å². The van der Waals surface area contributed by atoms with Crippen molar-refractivity contribution >= 4 is 23.3 Å². The summed E-state index contributed by atoms with van der Waals surface area (Å²) in [5.74, 6) is 0.478. The smallest absolute Gasteiger partial charge is 0.319 e. The molecule has 0 fully saturated rings. The molecule has 3 N–H and O–H groups in total. The summed E-state index contributed by atoms with van der Waals surface area (Å²) in [4.78, 5) is 20.1. The summed E-state index contributed by atoms with van der Waals surface area (Å²) in [6.07, 6.45) is 4.59. The summed E-state index contributed by atoms with van der Waals surface area (Å²) < 4.78 is 1.47. The van der Waals surface area contributed by atoms with Crippen molar-refractivity contribution in [1.29, 1.82) is 0 Å². The third-order valence-electron chi connectivity index (χ3n) is 3.62. The Kier molecular flexibility index (Phi) is 5.45. The zero-order valence-electron chi connectivity index (χ0n) is 13.9. The van der Waals surface area contributed by atoms with Crippen molar-refractivity contribution < 1.29 is 9.90 Å². The third kappa shape index (κ3) is 4.35. The zero-order chi connectivity index (χ0) is 18.5. The van der Waals surface area contributed by atoms with Gasteiger partial charge in [-0.25, -0.2) is 14.5 Å². The van der Waals surface area contributed by atoms with E-state index in [-0.39, 0.29) is 11.9 Å². The molecule has 0 spiro atoms. The van der Waals surface area contributed by atoms with Gasteiger partial charge >= 0.3 is 6.03 Å². The van der Waals surface area contributed by atoms with Crippen molar-refractivity contribution in [2.75, 3.05) is 11.9 Å². The summed E-state index contributed by atoms with van der Waals surface area (Å²) in [5.41, 5.74) is 2.35. The van der Waals surface area contributed by atoms with Crippen LogP contribution in [0.5, 0.6) is 0 Å². The van der Waals surface area contributed by atoms with Gasteiger partial charge in [0, 0.05) is 12.3 Å². The number of aryl methyl sites for hydroxylation is 1. The lowest BCUT2D eigenvalue weighted by Crippen LogP contribution is -2.34. The minimum Gasteiger partial charge on any atom is -0.394 e.